The normalized spacial score (nSPS) is 16.3. The minimum absolute atomic E-state index is 0.826. The highest BCUT2D eigenvalue weighted by Gasteiger charge is 2.13. The Morgan fingerprint density at radius 1 is 1.27 bits per heavy atom. The van der Waals surface area contributed by atoms with Crippen LogP contribution in [0.2, 0.25) is 0 Å². The van der Waals surface area contributed by atoms with E-state index in [1.807, 2.05) is 12.1 Å². The molecule has 78 valence electrons. The minimum atomic E-state index is 0.826. The van der Waals surface area contributed by atoms with Gasteiger partial charge < -0.3 is 16.0 Å². The van der Waals surface area contributed by atoms with E-state index in [2.05, 4.69) is 16.4 Å². The van der Waals surface area contributed by atoms with Gasteiger partial charge in [-0.1, -0.05) is 6.07 Å². The van der Waals surface area contributed by atoms with Crippen LogP contribution in [0, 0.1) is 0 Å². The molecule has 0 saturated carbocycles. The van der Waals surface area contributed by atoms with E-state index in [-0.39, 0.29) is 0 Å². The van der Waals surface area contributed by atoms with Gasteiger partial charge in [-0.25, -0.2) is 0 Å². The van der Waals surface area contributed by atoms with Gasteiger partial charge in [0.05, 0.1) is 0 Å². The Bertz CT molecular complexity index is 499. The molecule has 2 heterocycles. The third kappa shape index (κ3) is 1.39. The second kappa shape index (κ2) is 3.28. The van der Waals surface area contributed by atoms with Crippen molar-refractivity contribution >= 4 is 16.6 Å². The summed E-state index contributed by atoms with van der Waals surface area (Å²) in [7, 11) is 0. The molecule has 1 aromatic carbocycles. The van der Waals surface area contributed by atoms with Gasteiger partial charge in [0.25, 0.3) is 0 Å². The Morgan fingerprint density at radius 3 is 3.13 bits per heavy atom. The van der Waals surface area contributed by atoms with Crippen molar-refractivity contribution in [1.29, 1.82) is 0 Å². The molecule has 0 saturated heterocycles. The van der Waals surface area contributed by atoms with Crippen LogP contribution in [-0.2, 0) is 13.0 Å². The molecule has 0 radical (unpaired) electrons. The van der Waals surface area contributed by atoms with E-state index in [0.29, 0.717) is 0 Å². The summed E-state index contributed by atoms with van der Waals surface area (Å²) in [6.07, 6.45) is 2.37. The second-order valence-corrected chi connectivity index (χ2v) is 4.17. The zero-order valence-corrected chi connectivity index (χ0v) is 8.64. The summed E-state index contributed by atoms with van der Waals surface area (Å²) in [6.45, 7) is 2.06. The molecule has 0 atom stereocenters. The lowest BCUT2D eigenvalue weighted by Crippen LogP contribution is -2.12. The highest BCUT2D eigenvalue weighted by atomic mass is 14.9. The van der Waals surface area contributed by atoms with E-state index >= 15 is 0 Å². The van der Waals surface area contributed by atoms with Crippen molar-refractivity contribution in [2.45, 2.75) is 19.4 Å². The van der Waals surface area contributed by atoms with Gasteiger partial charge in [-0.15, -0.1) is 0 Å². The zero-order chi connectivity index (χ0) is 10.3. The van der Waals surface area contributed by atoms with E-state index in [0.717, 1.165) is 25.2 Å². The van der Waals surface area contributed by atoms with Gasteiger partial charge in [0.2, 0.25) is 0 Å². The minimum Gasteiger partial charge on any atom is -0.399 e. The molecular weight excluding hydrogens is 186 g/mol. The third-order valence-electron chi connectivity index (χ3n) is 3.10. The first-order chi connectivity index (χ1) is 7.34. The number of hydrogen-bond donors (Lipinski definition) is 3. The van der Waals surface area contributed by atoms with Gasteiger partial charge in [-0.3, -0.25) is 0 Å². The number of hydrogen-bond acceptors (Lipinski definition) is 2. The molecule has 3 nitrogen and oxygen atoms in total. The van der Waals surface area contributed by atoms with Crippen LogP contribution in [-0.4, -0.2) is 11.5 Å². The van der Waals surface area contributed by atoms with Gasteiger partial charge in [0.1, 0.15) is 0 Å². The lowest BCUT2D eigenvalue weighted by molar-refractivity contribution is 0.675. The second-order valence-electron chi connectivity index (χ2n) is 4.17. The maximum absolute atomic E-state index is 5.78. The van der Waals surface area contributed by atoms with Crippen LogP contribution in [0.4, 0.5) is 5.69 Å². The van der Waals surface area contributed by atoms with E-state index in [1.165, 1.54) is 28.6 Å². The van der Waals surface area contributed by atoms with Gasteiger partial charge in [-0.2, -0.15) is 0 Å². The van der Waals surface area contributed by atoms with E-state index in [1.54, 1.807) is 0 Å². The van der Waals surface area contributed by atoms with Gasteiger partial charge >= 0.3 is 0 Å². The molecule has 0 bridgehead atoms. The monoisotopic (exact) mass is 201 g/mol. The molecule has 15 heavy (non-hydrogen) atoms. The van der Waals surface area contributed by atoms with Crippen LogP contribution < -0.4 is 11.1 Å². The number of fused-ring (bicyclic) bond motifs is 3. The highest BCUT2D eigenvalue weighted by molar-refractivity contribution is 5.87. The third-order valence-corrected chi connectivity index (χ3v) is 3.10. The SMILES string of the molecule is Nc1ccc2c3c([nH]c2c1)CNCCC3. The Hall–Kier alpha value is -1.48. The molecule has 3 rings (SSSR count). The van der Waals surface area contributed by atoms with Crippen molar-refractivity contribution < 1.29 is 0 Å². The fourth-order valence-electron chi connectivity index (χ4n) is 2.37. The smallest absolute Gasteiger partial charge is 0.0479 e. The predicted molar refractivity (Wildman–Crippen MR) is 62.7 cm³/mol. The van der Waals surface area contributed by atoms with Gasteiger partial charge in [-0.05, 0) is 37.1 Å². The van der Waals surface area contributed by atoms with Crippen molar-refractivity contribution in [2.75, 3.05) is 12.3 Å². The molecule has 3 heteroatoms. The maximum atomic E-state index is 5.78. The Morgan fingerprint density at radius 2 is 2.20 bits per heavy atom. The van der Waals surface area contributed by atoms with Gasteiger partial charge in [0, 0.05) is 28.8 Å². The molecule has 1 aromatic heterocycles. The van der Waals surface area contributed by atoms with E-state index in [9.17, 15) is 0 Å². The number of aromatic nitrogens is 1. The van der Waals surface area contributed by atoms with Crippen LogP contribution >= 0.6 is 0 Å². The molecule has 0 fully saturated rings. The molecule has 1 aliphatic rings. The Balaban J connectivity index is 2.23. The molecule has 0 unspecified atom stereocenters. The standard InChI is InChI=1S/C12H15N3/c13-8-3-4-10-9-2-1-5-14-7-12(9)15-11(10)6-8/h3-4,6,14-15H,1-2,5,7,13H2. The summed E-state index contributed by atoms with van der Waals surface area (Å²) in [5.74, 6) is 0. The number of nitrogens with two attached hydrogens (primary N) is 1. The number of rotatable bonds is 0. The molecule has 4 N–H and O–H groups in total. The summed E-state index contributed by atoms with van der Waals surface area (Å²) in [5.41, 5.74) is 10.6. The average Bonchev–Trinajstić information content (AvgIpc) is 2.42. The van der Waals surface area contributed by atoms with Crippen molar-refractivity contribution in [2.24, 2.45) is 0 Å². The average molecular weight is 201 g/mol. The van der Waals surface area contributed by atoms with Gasteiger partial charge in [0.15, 0.2) is 0 Å². The topological polar surface area (TPSA) is 53.8 Å². The molecule has 2 aromatic rings. The van der Waals surface area contributed by atoms with Crippen molar-refractivity contribution in [1.82, 2.24) is 10.3 Å². The lowest BCUT2D eigenvalue weighted by atomic mass is 10.1. The van der Waals surface area contributed by atoms with Crippen LogP contribution in [0.25, 0.3) is 10.9 Å². The Kier molecular flexibility index (Phi) is 1.92. The first kappa shape index (κ1) is 8.80. The summed E-state index contributed by atoms with van der Waals surface area (Å²) in [5, 5.41) is 4.75. The number of aryl methyl sites for hydroxylation is 1. The van der Waals surface area contributed by atoms with Crippen molar-refractivity contribution in [3.8, 4) is 0 Å². The quantitative estimate of drug-likeness (QED) is 0.569. The number of anilines is 1. The van der Waals surface area contributed by atoms with Crippen molar-refractivity contribution in [3.63, 3.8) is 0 Å². The fourth-order valence-corrected chi connectivity index (χ4v) is 2.37. The van der Waals surface area contributed by atoms with E-state index in [4.69, 9.17) is 5.73 Å². The largest absolute Gasteiger partial charge is 0.399 e. The van der Waals surface area contributed by atoms with Crippen LogP contribution in [0.5, 0.6) is 0 Å². The maximum Gasteiger partial charge on any atom is 0.0479 e. The summed E-state index contributed by atoms with van der Waals surface area (Å²) in [4.78, 5) is 3.45. The lowest BCUT2D eigenvalue weighted by Gasteiger charge is -1.97. The number of nitrogens with one attached hydrogen (secondary N) is 2. The highest BCUT2D eigenvalue weighted by Crippen LogP contribution is 2.26. The fraction of sp³-hybridized carbons (Fsp3) is 0.333. The summed E-state index contributed by atoms with van der Waals surface area (Å²) in [6, 6.07) is 6.13. The summed E-state index contributed by atoms with van der Waals surface area (Å²) < 4.78 is 0. The predicted octanol–water partition coefficient (Wildman–Crippen LogP) is 1.79. The van der Waals surface area contributed by atoms with Crippen LogP contribution in [0.3, 0.4) is 0 Å². The Labute approximate surface area is 88.7 Å². The molecule has 1 aliphatic heterocycles. The van der Waals surface area contributed by atoms with Crippen LogP contribution in [0.1, 0.15) is 17.7 Å². The molecular formula is C12H15N3. The first-order valence-corrected chi connectivity index (χ1v) is 5.44. The number of aromatic amines is 1. The first-order valence-electron chi connectivity index (χ1n) is 5.44. The van der Waals surface area contributed by atoms with Crippen LogP contribution in [0.15, 0.2) is 18.2 Å². The molecule has 0 aliphatic carbocycles. The zero-order valence-electron chi connectivity index (χ0n) is 8.64. The molecule has 0 spiro atoms. The van der Waals surface area contributed by atoms with E-state index < -0.39 is 0 Å². The summed E-state index contributed by atoms with van der Waals surface area (Å²) >= 11 is 0. The van der Waals surface area contributed by atoms with Crippen molar-refractivity contribution in [3.05, 3.63) is 29.5 Å². The number of benzene rings is 1. The number of nitrogen functional groups attached to an aromatic ring is 1. The number of H-pyrrole nitrogens is 1. The molecule has 0 amide bonds.